The van der Waals surface area contributed by atoms with E-state index in [0.29, 0.717) is 46.3 Å². The number of likely N-dealkylation sites (N-methyl/N-ethyl adjacent to an activating group) is 2. The van der Waals surface area contributed by atoms with Gasteiger partial charge in [-0.05, 0) is 82.6 Å². The lowest BCUT2D eigenvalue weighted by Gasteiger charge is -2.32. The molecule has 0 unspecified atom stereocenters. The maximum Gasteiger partial charge on any atom is 0.245 e. The summed E-state index contributed by atoms with van der Waals surface area (Å²) in [7, 11) is 3.28. The molecule has 4 amide bonds. The number of alkyl halides is 2. The number of hydrogen-bond acceptors (Lipinski definition) is 7. The SMILES string of the molecule is CCCC[C@H](NC(=O)[C@H](C)NC)C(=O)N1C[C@@H](F)C[C@H]1Cc1c(-c2nc3cc(F)ccc3n2C[C@@H]2C[C@H](F)CN2C(=O)[C@@H](NC(=O)[C@H](C)NC)C(C)C)[nH]c2cc(F)ccc12. The molecule has 2 aromatic heterocycles. The number of nitrogens with zero attached hydrogens (tertiary/aromatic N) is 4. The summed E-state index contributed by atoms with van der Waals surface area (Å²) < 4.78 is 62.4. The first-order valence-corrected chi connectivity index (χ1v) is 21.4. The number of carbonyl (C=O) groups excluding carboxylic acids is 4. The highest BCUT2D eigenvalue weighted by molar-refractivity contribution is 5.93. The molecule has 6 rings (SSSR count). The zero-order valence-electron chi connectivity index (χ0n) is 36.0. The fourth-order valence-electron chi connectivity index (χ4n) is 8.58. The summed E-state index contributed by atoms with van der Waals surface area (Å²) in [6.45, 7) is 8.60. The minimum absolute atomic E-state index is 0.0115. The number of halogens is 4. The van der Waals surface area contributed by atoms with E-state index in [1.165, 1.54) is 34.1 Å². The quantitative estimate of drug-likeness (QED) is 0.0946. The van der Waals surface area contributed by atoms with E-state index in [2.05, 4.69) is 26.3 Å². The maximum absolute atomic E-state index is 15.5. The molecule has 8 atom stereocenters. The van der Waals surface area contributed by atoms with Crippen molar-refractivity contribution in [3.63, 3.8) is 0 Å². The van der Waals surface area contributed by atoms with Gasteiger partial charge in [-0.25, -0.2) is 22.5 Å². The highest BCUT2D eigenvalue weighted by atomic mass is 19.1. The van der Waals surface area contributed by atoms with Crippen molar-refractivity contribution in [1.82, 2.24) is 45.6 Å². The van der Waals surface area contributed by atoms with Crippen molar-refractivity contribution < 1.29 is 36.7 Å². The smallest absolute Gasteiger partial charge is 0.245 e. The van der Waals surface area contributed by atoms with Crippen LogP contribution >= 0.6 is 0 Å². The van der Waals surface area contributed by atoms with Crippen LogP contribution in [0.25, 0.3) is 33.5 Å². The molecule has 4 aromatic rings. The lowest BCUT2D eigenvalue weighted by molar-refractivity contribution is -0.139. The van der Waals surface area contributed by atoms with E-state index in [1.54, 1.807) is 58.5 Å². The Morgan fingerprint density at radius 3 is 2.08 bits per heavy atom. The molecule has 13 nitrogen and oxygen atoms in total. The lowest BCUT2D eigenvalue weighted by Crippen LogP contribution is -2.55. The van der Waals surface area contributed by atoms with E-state index >= 15 is 8.78 Å². The van der Waals surface area contributed by atoms with Crippen molar-refractivity contribution in [2.75, 3.05) is 27.2 Å². The Hall–Kier alpha value is -5.03. The number of unbranched alkanes of at least 4 members (excludes halogenated alkanes) is 1. The number of imidazole rings is 1. The summed E-state index contributed by atoms with van der Waals surface area (Å²) in [4.78, 5) is 65.5. The molecule has 2 aliphatic heterocycles. The van der Waals surface area contributed by atoms with Crippen LogP contribution in [0.4, 0.5) is 17.6 Å². The third kappa shape index (κ3) is 9.88. The zero-order valence-corrected chi connectivity index (χ0v) is 36.0. The number of aromatic nitrogens is 3. The first kappa shape index (κ1) is 45.5. The van der Waals surface area contributed by atoms with Crippen LogP contribution < -0.4 is 21.3 Å². The largest absolute Gasteiger partial charge is 0.352 e. The number of nitrogens with one attached hydrogen (secondary N) is 5. The van der Waals surface area contributed by atoms with Gasteiger partial charge in [0.1, 0.15) is 36.1 Å². The summed E-state index contributed by atoms with van der Waals surface area (Å²) in [6, 6.07) is 4.03. The van der Waals surface area contributed by atoms with Gasteiger partial charge in [0.05, 0.1) is 47.9 Å². The van der Waals surface area contributed by atoms with Gasteiger partial charge < -0.3 is 40.6 Å². The van der Waals surface area contributed by atoms with Gasteiger partial charge in [0.15, 0.2) is 5.82 Å². The molecule has 5 N–H and O–H groups in total. The Kier molecular flexibility index (Phi) is 14.4. The number of hydrogen-bond donors (Lipinski definition) is 5. The topological polar surface area (TPSA) is 156 Å². The first-order chi connectivity index (χ1) is 29.0. The molecule has 0 saturated carbocycles. The van der Waals surface area contributed by atoms with E-state index in [-0.39, 0.29) is 62.1 Å². The van der Waals surface area contributed by atoms with Gasteiger partial charge >= 0.3 is 0 Å². The molecule has 2 aromatic carbocycles. The molecule has 0 bridgehead atoms. The van der Waals surface area contributed by atoms with Crippen LogP contribution in [0, 0.1) is 17.6 Å². The number of carbonyl (C=O) groups is 4. The molecule has 61 heavy (non-hydrogen) atoms. The minimum atomic E-state index is -1.36. The monoisotopic (exact) mass is 853 g/mol. The van der Waals surface area contributed by atoms with Gasteiger partial charge in [-0.1, -0.05) is 33.6 Å². The number of fused-ring (bicyclic) bond motifs is 2. The molecule has 2 aliphatic rings. The average Bonchev–Trinajstić information content (AvgIpc) is 3.99. The number of rotatable bonds is 17. The van der Waals surface area contributed by atoms with Crippen molar-refractivity contribution in [3.05, 3.63) is 53.6 Å². The standard InChI is InChI=1S/C44H59F4N9O4/c1-8-9-10-34(53-41(58)24(4)49-6)43(60)55-20-28(47)15-30(55)19-33-32-13-11-26(45)17-35(32)51-39(33)40-52-36-18-27(46)12-14-37(36)57(40)22-31-16-29(48)21-56(31)44(61)38(23(2)3)54-42(59)25(5)50-7/h11-14,17-18,23-25,28-31,34,38,49-51H,8-10,15-16,19-22H2,1-7H3,(H,53,58)(H,54,59)/t24-,25-,28-,29-,30-,31-,34-,38-/m0/s1. The fourth-order valence-corrected chi connectivity index (χ4v) is 8.58. The molecule has 2 fully saturated rings. The predicted octanol–water partition coefficient (Wildman–Crippen LogP) is 4.91. The number of aromatic amines is 1. The van der Waals surface area contributed by atoms with E-state index in [0.717, 1.165) is 6.42 Å². The van der Waals surface area contributed by atoms with E-state index in [1.807, 2.05) is 6.92 Å². The van der Waals surface area contributed by atoms with Crippen molar-refractivity contribution in [1.29, 1.82) is 0 Å². The van der Waals surface area contributed by atoms with Crippen LogP contribution in [0.3, 0.4) is 0 Å². The molecule has 0 radical (unpaired) electrons. The van der Waals surface area contributed by atoms with Crippen molar-refractivity contribution >= 4 is 45.6 Å². The number of amides is 4. The van der Waals surface area contributed by atoms with E-state index in [4.69, 9.17) is 4.98 Å². The van der Waals surface area contributed by atoms with E-state index in [9.17, 15) is 28.0 Å². The second-order valence-electron chi connectivity index (χ2n) is 17.0. The molecular formula is C44H59F4N9O4. The Morgan fingerprint density at radius 2 is 1.44 bits per heavy atom. The molecule has 17 heteroatoms. The van der Waals surface area contributed by atoms with Crippen LogP contribution in [0.1, 0.15) is 72.3 Å². The summed E-state index contributed by atoms with van der Waals surface area (Å²) in [5, 5.41) is 12.0. The molecule has 2 saturated heterocycles. The van der Waals surface area contributed by atoms with Gasteiger partial charge in [-0.15, -0.1) is 0 Å². The Balaban J connectivity index is 1.41. The van der Waals surface area contributed by atoms with Gasteiger partial charge in [-0.2, -0.15) is 0 Å². The highest BCUT2D eigenvalue weighted by Gasteiger charge is 2.42. The van der Waals surface area contributed by atoms with Crippen LogP contribution in [0.5, 0.6) is 0 Å². The highest BCUT2D eigenvalue weighted by Crippen LogP contribution is 2.37. The van der Waals surface area contributed by atoms with Gasteiger partial charge in [-0.3, -0.25) is 19.2 Å². The minimum Gasteiger partial charge on any atom is -0.352 e. The summed E-state index contributed by atoms with van der Waals surface area (Å²) in [6.07, 6.45) is -0.771. The van der Waals surface area contributed by atoms with Crippen molar-refractivity contribution in [2.45, 2.75) is 128 Å². The van der Waals surface area contributed by atoms with Gasteiger partial charge in [0.2, 0.25) is 23.6 Å². The third-order valence-electron chi connectivity index (χ3n) is 12.3. The van der Waals surface area contributed by atoms with Crippen LogP contribution in [0.2, 0.25) is 0 Å². The second kappa shape index (κ2) is 19.3. The average molecular weight is 854 g/mol. The Bertz CT molecular complexity index is 2230. The number of H-pyrrole nitrogens is 1. The number of benzene rings is 2. The third-order valence-corrected chi connectivity index (χ3v) is 12.3. The molecule has 0 spiro atoms. The van der Waals surface area contributed by atoms with Crippen LogP contribution in [-0.2, 0) is 32.1 Å². The molecule has 4 heterocycles. The Labute approximate surface area is 353 Å². The van der Waals surface area contributed by atoms with Gasteiger partial charge in [0, 0.05) is 42.4 Å². The molecular weight excluding hydrogens is 795 g/mol. The summed E-state index contributed by atoms with van der Waals surface area (Å²) >= 11 is 0. The van der Waals surface area contributed by atoms with Crippen LogP contribution in [-0.4, -0.2) is 124 Å². The fraction of sp³-hybridized carbons (Fsp3) is 0.568. The van der Waals surface area contributed by atoms with E-state index < -0.39 is 72.0 Å². The zero-order chi connectivity index (χ0) is 44.3. The Morgan fingerprint density at radius 1 is 0.836 bits per heavy atom. The maximum atomic E-state index is 15.5. The predicted molar refractivity (Wildman–Crippen MR) is 226 cm³/mol. The van der Waals surface area contributed by atoms with Crippen LogP contribution in [0.15, 0.2) is 36.4 Å². The lowest BCUT2D eigenvalue weighted by atomic mass is 9.99. The summed E-state index contributed by atoms with van der Waals surface area (Å²) in [5.74, 6) is -2.64. The first-order valence-electron chi connectivity index (χ1n) is 21.4. The van der Waals surface area contributed by atoms with Crippen molar-refractivity contribution in [3.8, 4) is 11.5 Å². The van der Waals surface area contributed by atoms with Gasteiger partial charge in [0.25, 0.3) is 0 Å². The summed E-state index contributed by atoms with van der Waals surface area (Å²) in [5.41, 5.74) is 2.19. The molecule has 0 aliphatic carbocycles. The normalized spacial score (nSPS) is 21.3. The van der Waals surface area contributed by atoms with Crippen molar-refractivity contribution in [2.24, 2.45) is 5.92 Å². The second-order valence-corrected chi connectivity index (χ2v) is 17.0. The molecule has 332 valence electrons. The number of likely N-dealkylation sites (tertiary alicyclic amines) is 2.